The van der Waals surface area contributed by atoms with Crippen LogP contribution < -0.4 is 5.32 Å². The van der Waals surface area contributed by atoms with Crippen LogP contribution in [0.3, 0.4) is 0 Å². The van der Waals surface area contributed by atoms with Crippen LogP contribution in [0.15, 0.2) is 12.4 Å². The molecular weight excluding hydrogens is 230 g/mol. The molecule has 0 aromatic carbocycles. The fourth-order valence-electron chi connectivity index (χ4n) is 1.76. The summed E-state index contributed by atoms with van der Waals surface area (Å²) in [5, 5.41) is 12.3. The van der Waals surface area contributed by atoms with Crippen LogP contribution in [0.5, 0.6) is 0 Å². The van der Waals surface area contributed by atoms with Crippen molar-refractivity contribution in [2.45, 2.75) is 34.1 Å². The zero-order valence-electron chi connectivity index (χ0n) is 11.4. The highest BCUT2D eigenvalue weighted by atomic mass is 16.4. The van der Waals surface area contributed by atoms with E-state index in [4.69, 9.17) is 0 Å². The summed E-state index contributed by atoms with van der Waals surface area (Å²) in [5.74, 6) is -0.522. The van der Waals surface area contributed by atoms with Gasteiger partial charge in [-0.3, -0.25) is 4.79 Å². The summed E-state index contributed by atoms with van der Waals surface area (Å²) >= 11 is 0. The van der Waals surface area contributed by atoms with Gasteiger partial charge in [-0.25, -0.2) is 9.97 Å². The Bertz CT molecular complexity index is 413. The number of nitrogens with one attached hydrogen (secondary N) is 1. The highest BCUT2D eigenvalue weighted by molar-refractivity contribution is 5.70. The molecule has 0 fully saturated rings. The summed E-state index contributed by atoms with van der Waals surface area (Å²) in [7, 11) is 0. The van der Waals surface area contributed by atoms with E-state index in [9.17, 15) is 9.90 Å². The van der Waals surface area contributed by atoms with E-state index < -0.39 is 11.9 Å². The number of aromatic nitrogens is 2. The number of hydrogen-bond donors (Lipinski definition) is 2. The predicted molar refractivity (Wildman–Crippen MR) is 70.5 cm³/mol. The number of aryl methyl sites for hydroxylation is 1. The summed E-state index contributed by atoms with van der Waals surface area (Å²) in [6, 6.07) is 1.80. The molecule has 2 N–H and O–H groups in total. The molecule has 0 saturated carbocycles. The Balaban J connectivity index is 2.60. The Morgan fingerprint density at radius 1 is 1.44 bits per heavy atom. The van der Waals surface area contributed by atoms with E-state index in [0.717, 1.165) is 5.69 Å². The maximum atomic E-state index is 11.2. The van der Waals surface area contributed by atoms with Gasteiger partial charge in [-0.05, 0) is 18.8 Å². The molecule has 0 aliphatic heterocycles. The van der Waals surface area contributed by atoms with Gasteiger partial charge in [-0.1, -0.05) is 20.8 Å². The van der Waals surface area contributed by atoms with Crippen LogP contribution in [0.4, 0.5) is 5.82 Å². The first-order valence-electron chi connectivity index (χ1n) is 6.03. The quantitative estimate of drug-likeness (QED) is 0.840. The SMILES string of the molecule is Cc1cc(NCC(CC(C)(C)C)C(=O)O)ncn1. The van der Waals surface area contributed by atoms with Crippen molar-refractivity contribution in [2.24, 2.45) is 11.3 Å². The summed E-state index contributed by atoms with van der Waals surface area (Å²) in [6.07, 6.45) is 2.09. The van der Waals surface area contributed by atoms with Gasteiger partial charge in [-0.15, -0.1) is 0 Å². The molecule has 1 heterocycles. The Kier molecular flexibility index (Phi) is 4.64. The minimum absolute atomic E-state index is 0.00761. The minimum Gasteiger partial charge on any atom is -0.481 e. The second-order valence-corrected chi connectivity index (χ2v) is 5.73. The number of hydrogen-bond acceptors (Lipinski definition) is 4. The third kappa shape index (κ3) is 5.12. The zero-order chi connectivity index (χ0) is 13.8. The van der Waals surface area contributed by atoms with Crippen LogP contribution in [0, 0.1) is 18.3 Å². The average molecular weight is 251 g/mol. The number of rotatable bonds is 5. The molecule has 5 heteroatoms. The van der Waals surface area contributed by atoms with Crippen molar-refractivity contribution in [2.75, 3.05) is 11.9 Å². The summed E-state index contributed by atoms with van der Waals surface area (Å²) in [4.78, 5) is 19.2. The molecule has 1 aromatic heterocycles. The lowest BCUT2D eigenvalue weighted by Gasteiger charge is -2.23. The first-order valence-corrected chi connectivity index (χ1v) is 6.03. The molecular formula is C13H21N3O2. The highest BCUT2D eigenvalue weighted by Gasteiger charge is 2.24. The van der Waals surface area contributed by atoms with Crippen molar-refractivity contribution < 1.29 is 9.90 Å². The molecule has 0 spiro atoms. The number of carboxylic acid groups (broad SMARTS) is 1. The molecule has 5 nitrogen and oxygen atoms in total. The second kappa shape index (κ2) is 5.80. The average Bonchev–Trinajstić information content (AvgIpc) is 2.22. The molecule has 0 radical (unpaired) electrons. The Morgan fingerprint density at radius 2 is 2.11 bits per heavy atom. The first-order chi connectivity index (χ1) is 8.28. The normalized spacial score (nSPS) is 13.1. The van der Waals surface area contributed by atoms with Crippen molar-refractivity contribution in [3.63, 3.8) is 0 Å². The molecule has 0 bridgehead atoms. The minimum atomic E-state index is -0.775. The monoisotopic (exact) mass is 251 g/mol. The van der Waals surface area contributed by atoms with Crippen molar-refractivity contribution in [1.29, 1.82) is 0 Å². The van der Waals surface area contributed by atoms with Crippen LogP contribution in [0.2, 0.25) is 0 Å². The van der Waals surface area contributed by atoms with Crippen molar-refractivity contribution >= 4 is 11.8 Å². The lowest BCUT2D eigenvalue weighted by atomic mass is 9.84. The van der Waals surface area contributed by atoms with E-state index in [1.165, 1.54) is 6.33 Å². The van der Waals surface area contributed by atoms with Crippen LogP contribution >= 0.6 is 0 Å². The number of carboxylic acids is 1. The van der Waals surface area contributed by atoms with E-state index in [0.29, 0.717) is 18.8 Å². The van der Waals surface area contributed by atoms with E-state index in [2.05, 4.69) is 15.3 Å². The fourth-order valence-corrected chi connectivity index (χ4v) is 1.76. The smallest absolute Gasteiger partial charge is 0.308 e. The number of anilines is 1. The molecule has 0 saturated heterocycles. The van der Waals surface area contributed by atoms with Crippen LogP contribution in [0.1, 0.15) is 32.9 Å². The first kappa shape index (κ1) is 14.4. The lowest BCUT2D eigenvalue weighted by molar-refractivity contribution is -0.142. The van der Waals surface area contributed by atoms with E-state index in [1.54, 1.807) is 6.07 Å². The van der Waals surface area contributed by atoms with Gasteiger partial charge in [0.25, 0.3) is 0 Å². The van der Waals surface area contributed by atoms with Gasteiger partial charge in [-0.2, -0.15) is 0 Å². The summed E-state index contributed by atoms with van der Waals surface area (Å²) in [6.45, 7) is 8.37. The van der Waals surface area contributed by atoms with Gasteiger partial charge in [0.2, 0.25) is 0 Å². The molecule has 1 aromatic rings. The predicted octanol–water partition coefficient (Wildman–Crippen LogP) is 2.33. The fraction of sp³-hybridized carbons (Fsp3) is 0.615. The van der Waals surface area contributed by atoms with Crippen molar-refractivity contribution in [1.82, 2.24) is 9.97 Å². The zero-order valence-corrected chi connectivity index (χ0v) is 11.4. The summed E-state index contributed by atoms with van der Waals surface area (Å²) in [5.41, 5.74) is 0.849. The molecule has 18 heavy (non-hydrogen) atoms. The third-order valence-electron chi connectivity index (χ3n) is 2.54. The van der Waals surface area contributed by atoms with Gasteiger partial charge < -0.3 is 10.4 Å². The van der Waals surface area contributed by atoms with Crippen LogP contribution in [-0.4, -0.2) is 27.6 Å². The van der Waals surface area contributed by atoms with E-state index in [-0.39, 0.29) is 5.41 Å². The number of carbonyl (C=O) groups is 1. The molecule has 0 amide bonds. The van der Waals surface area contributed by atoms with Gasteiger partial charge >= 0.3 is 5.97 Å². The van der Waals surface area contributed by atoms with Gasteiger partial charge in [0.05, 0.1) is 5.92 Å². The molecule has 0 aliphatic carbocycles. The third-order valence-corrected chi connectivity index (χ3v) is 2.54. The molecule has 100 valence electrons. The van der Waals surface area contributed by atoms with Gasteiger partial charge in [0.15, 0.2) is 0 Å². The number of nitrogens with zero attached hydrogens (tertiary/aromatic N) is 2. The topological polar surface area (TPSA) is 75.1 Å². The lowest BCUT2D eigenvalue weighted by Crippen LogP contribution is -2.27. The maximum absolute atomic E-state index is 11.2. The molecule has 1 atom stereocenters. The van der Waals surface area contributed by atoms with Crippen molar-refractivity contribution in [3.05, 3.63) is 18.1 Å². The van der Waals surface area contributed by atoms with E-state index >= 15 is 0 Å². The van der Waals surface area contributed by atoms with Crippen LogP contribution in [0.25, 0.3) is 0 Å². The summed E-state index contributed by atoms with van der Waals surface area (Å²) < 4.78 is 0. The number of aliphatic carboxylic acids is 1. The largest absolute Gasteiger partial charge is 0.481 e. The standard InChI is InChI=1S/C13H21N3O2/c1-9-5-11(16-8-15-9)14-7-10(12(17)18)6-13(2,3)4/h5,8,10H,6-7H2,1-4H3,(H,17,18)(H,14,15,16). The van der Waals surface area contributed by atoms with Gasteiger partial charge in [0.1, 0.15) is 12.1 Å². The van der Waals surface area contributed by atoms with E-state index in [1.807, 2.05) is 27.7 Å². The Hall–Kier alpha value is -1.65. The maximum Gasteiger partial charge on any atom is 0.308 e. The Labute approximate surface area is 108 Å². The van der Waals surface area contributed by atoms with Crippen molar-refractivity contribution in [3.8, 4) is 0 Å². The second-order valence-electron chi connectivity index (χ2n) is 5.73. The molecule has 0 aliphatic rings. The Morgan fingerprint density at radius 3 is 2.61 bits per heavy atom. The van der Waals surface area contributed by atoms with Crippen LogP contribution in [-0.2, 0) is 4.79 Å². The molecule has 1 rings (SSSR count). The highest BCUT2D eigenvalue weighted by Crippen LogP contribution is 2.24. The molecule has 1 unspecified atom stereocenters. The van der Waals surface area contributed by atoms with Gasteiger partial charge in [0, 0.05) is 18.3 Å².